The third-order valence-corrected chi connectivity index (χ3v) is 4.36. The minimum Gasteiger partial charge on any atom is -0.408 e. The third-order valence-electron chi connectivity index (χ3n) is 4.36. The van der Waals surface area contributed by atoms with Crippen LogP contribution in [0, 0.1) is 0 Å². The number of H-pyrrole nitrogens is 1. The molecule has 0 unspecified atom stereocenters. The van der Waals surface area contributed by atoms with E-state index in [9.17, 15) is 9.59 Å². The lowest BCUT2D eigenvalue weighted by atomic mass is 10.1. The van der Waals surface area contributed by atoms with Crippen molar-refractivity contribution in [1.82, 2.24) is 10.3 Å². The predicted octanol–water partition coefficient (Wildman–Crippen LogP) is 3.70. The number of aromatic amines is 1. The average Bonchev–Trinajstić information content (AvgIpc) is 3.06. The van der Waals surface area contributed by atoms with Gasteiger partial charge in [0.1, 0.15) is 0 Å². The Morgan fingerprint density at radius 2 is 2.07 bits per heavy atom. The molecule has 136 valence electrons. The molecule has 1 aromatic heterocycles. The first-order chi connectivity index (χ1) is 13.2. The first-order valence-electron chi connectivity index (χ1n) is 8.81. The number of hydrogen-bond acceptors (Lipinski definition) is 4. The molecule has 0 spiro atoms. The number of allylic oxidation sites excluding steroid dienone is 3. The molecule has 0 radical (unpaired) electrons. The minimum absolute atomic E-state index is 0.248. The summed E-state index contributed by atoms with van der Waals surface area (Å²) < 4.78 is 4.95. The summed E-state index contributed by atoms with van der Waals surface area (Å²) in [6, 6.07) is 12.5. The van der Waals surface area contributed by atoms with Gasteiger partial charge in [-0.2, -0.15) is 0 Å². The largest absolute Gasteiger partial charge is 0.417 e. The van der Waals surface area contributed by atoms with Crippen molar-refractivity contribution in [3.63, 3.8) is 0 Å². The molecule has 1 aliphatic rings. The van der Waals surface area contributed by atoms with E-state index in [0.717, 1.165) is 24.1 Å². The number of rotatable bonds is 5. The molecule has 0 fully saturated rings. The monoisotopic (exact) mass is 361 g/mol. The number of nitrogens with one attached hydrogen (secondary N) is 3. The number of oxazole rings is 1. The number of anilines is 1. The molecule has 3 N–H and O–H groups in total. The standard InChI is InChI=1S/C21H19N3O3/c25-20(15-9-10-19-18(12-15)24-21(26)27-19)23-17-8-4-5-14(11-17)13-22-16-6-2-1-3-7-16/h2,4-12,22H,1,3,13H2,(H,23,25)(H,24,26). The smallest absolute Gasteiger partial charge is 0.408 e. The van der Waals surface area contributed by atoms with Crippen molar-refractivity contribution >= 4 is 22.7 Å². The maximum Gasteiger partial charge on any atom is 0.417 e. The lowest BCUT2D eigenvalue weighted by Crippen LogP contribution is -2.14. The van der Waals surface area contributed by atoms with Crippen LogP contribution in [0.15, 0.2) is 75.6 Å². The van der Waals surface area contributed by atoms with Crippen LogP contribution in [0.25, 0.3) is 11.1 Å². The third kappa shape index (κ3) is 4.00. The summed E-state index contributed by atoms with van der Waals surface area (Å²) in [5.74, 6) is -0.785. The summed E-state index contributed by atoms with van der Waals surface area (Å²) in [4.78, 5) is 26.3. The van der Waals surface area contributed by atoms with E-state index >= 15 is 0 Å². The Morgan fingerprint density at radius 1 is 1.15 bits per heavy atom. The van der Waals surface area contributed by atoms with Crippen molar-refractivity contribution in [3.05, 3.63) is 88.1 Å². The summed E-state index contributed by atoms with van der Waals surface area (Å²) in [6.07, 6.45) is 8.57. The normalized spacial score (nSPS) is 13.4. The van der Waals surface area contributed by atoms with Crippen molar-refractivity contribution < 1.29 is 9.21 Å². The molecule has 0 aliphatic heterocycles. The number of amides is 1. The van der Waals surface area contributed by atoms with Gasteiger partial charge in [-0.1, -0.05) is 24.3 Å². The van der Waals surface area contributed by atoms with Gasteiger partial charge in [0, 0.05) is 23.5 Å². The summed E-state index contributed by atoms with van der Waals surface area (Å²) in [6.45, 7) is 0.683. The van der Waals surface area contributed by atoms with Crippen LogP contribution in [0.3, 0.4) is 0 Å². The molecule has 1 heterocycles. The molecule has 0 atom stereocenters. The molecule has 0 saturated heterocycles. The summed E-state index contributed by atoms with van der Waals surface area (Å²) in [5, 5.41) is 6.28. The molecule has 4 rings (SSSR count). The van der Waals surface area contributed by atoms with Crippen LogP contribution in [0.5, 0.6) is 0 Å². The first-order valence-corrected chi connectivity index (χ1v) is 8.81. The number of carbonyl (C=O) groups is 1. The highest BCUT2D eigenvalue weighted by atomic mass is 16.4. The number of benzene rings is 2. The number of fused-ring (bicyclic) bond motifs is 1. The SMILES string of the molecule is O=C(Nc1cccc(CNC2=CCCC=C2)c1)c1ccc2oc(=O)[nH]c2c1. The van der Waals surface area contributed by atoms with Crippen LogP contribution in [-0.2, 0) is 6.54 Å². The number of carbonyl (C=O) groups excluding carboxylic acids is 1. The summed E-state index contributed by atoms with van der Waals surface area (Å²) in [7, 11) is 0. The van der Waals surface area contributed by atoms with E-state index in [1.807, 2.05) is 24.3 Å². The Morgan fingerprint density at radius 3 is 2.93 bits per heavy atom. The topological polar surface area (TPSA) is 87.1 Å². The maximum atomic E-state index is 12.5. The second-order valence-corrected chi connectivity index (χ2v) is 6.37. The van der Waals surface area contributed by atoms with Crippen molar-refractivity contribution in [3.8, 4) is 0 Å². The fourth-order valence-corrected chi connectivity index (χ4v) is 3.00. The Balaban J connectivity index is 1.44. The first kappa shape index (κ1) is 16.9. The Bertz CT molecular complexity index is 1110. The van der Waals surface area contributed by atoms with E-state index in [0.29, 0.717) is 28.9 Å². The lowest BCUT2D eigenvalue weighted by Gasteiger charge is -2.12. The second-order valence-electron chi connectivity index (χ2n) is 6.37. The molecular formula is C21H19N3O3. The molecule has 27 heavy (non-hydrogen) atoms. The molecule has 6 heteroatoms. The van der Waals surface area contributed by atoms with E-state index in [-0.39, 0.29) is 5.91 Å². The summed E-state index contributed by atoms with van der Waals surface area (Å²) in [5.41, 5.74) is 4.28. The average molecular weight is 361 g/mol. The highest BCUT2D eigenvalue weighted by Crippen LogP contribution is 2.16. The Labute approximate surface area is 155 Å². The van der Waals surface area contributed by atoms with Crippen LogP contribution in [0.4, 0.5) is 5.69 Å². The highest BCUT2D eigenvalue weighted by Gasteiger charge is 2.10. The Hall–Kier alpha value is -3.54. The van der Waals surface area contributed by atoms with Crippen LogP contribution in [0.1, 0.15) is 28.8 Å². The van der Waals surface area contributed by atoms with Crippen LogP contribution in [-0.4, -0.2) is 10.9 Å². The number of hydrogen-bond donors (Lipinski definition) is 3. The van der Waals surface area contributed by atoms with Gasteiger partial charge in [0.25, 0.3) is 5.91 Å². The van der Waals surface area contributed by atoms with E-state index in [2.05, 4.69) is 33.8 Å². The van der Waals surface area contributed by atoms with Gasteiger partial charge in [0.15, 0.2) is 5.58 Å². The number of aromatic nitrogens is 1. The summed E-state index contributed by atoms with van der Waals surface area (Å²) >= 11 is 0. The van der Waals surface area contributed by atoms with E-state index < -0.39 is 5.76 Å². The highest BCUT2D eigenvalue weighted by molar-refractivity contribution is 6.05. The van der Waals surface area contributed by atoms with Gasteiger partial charge in [-0.3, -0.25) is 9.78 Å². The predicted molar refractivity (Wildman–Crippen MR) is 105 cm³/mol. The van der Waals surface area contributed by atoms with E-state index in [1.165, 1.54) is 0 Å². The molecule has 1 aliphatic carbocycles. The maximum absolute atomic E-state index is 12.5. The van der Waals surface area contributed by atoms with Gasteiger partial charge < -0.3 is 15.1 Å². The van der Waals surface area contributed by atoms with E-state index in [1.54, 1.807) is 18.2 Å². The second kappa shape index (κ2) is 7.37. The molecular weight excluding hydrogens is 342 g/mol. The molecule has 3 aromatic rings. The van der Waals surface area contributed by atoms with Crippen LogP contribution in [0.2, 0.25) is 0 Å². The van der Waals surface area contributed by atoms with Crippen molar-refractivity contribution in [1.29, 1.82) is 0 Å². The van der Waals surface area contributed by atoms with Gasteiger partial charge >= 0.3 is 5.76 Å². The fraction of sp³-hybridized carbons (Fsp3) is 0.143. The lowest BCUT2D eigenvalue weighted by molar-refractivity contribution is 0.102. The van der Waals surface area contributed by atoms with Gasteiger partial charge in [-0.05, 0) is 54.8 Å². The van der Waals surface area contributed by atoms with Crippen molar-refractivity contribution in [2.45, 2.75) is 19.4 Å². The van der Waals surface area contributed by atoms with Gasteiger partial charge in [0.2, 0.25) is 0 Å². The quantitative estimate of drug-likeness (QED) is 0.647. The zero-order valence-electron chi connectivity index (χ0n) is 14.6. The van der Waals surface area contributed by atoms with Crippen molar-refractivity contribution in [2.24, 2.45) is 0 Å². The molecule has 1 amide bonds. The molecule has 0 saturated carbocycles. The van der Waals surface area contributed by atoms with Crippen LogP contribution < -0.4 is 16.4 Å². The molecule has 6 nitrogen and oxygen atoms in total. The minimum atomic E-state index is -0.536. The fourth-order valence-electron chi connectivity index (χ4n) is 3.00. The van der Waals surface area contributed by atoms with E-state index in [4.69, 9.17) is 4.42 Å². The van der Waals surface area contributed by atoms with Gasteiger partial charge in [-0.25, -0.2) is 4.79 Å². The van der Waals surface area contributed by atoms with Crippen molar-refractivity contribution in [2.75, 3.05) is 5.32 Å². The van der Waals surface area contributed by atoms with Gasteiger partial charge in [0.05, 0.1) is 5.52 Å². The Kier molecular flexibility index (Phi) is 4.61. The zero-order chi connectivity index (χ0) is 18.6. The van der Waals surface area contributed by atoms with Crippen LogP contribution >= 0.6 is 0 Å². The molecule has 2 aromatic carbocycles. The molecule has 0 bridgehead atoms. The van der Waals surface area contributed by atoms with Gasteiger partial charge in [-0.15, -0.1) is 0 Å². The zero-order valence-corrected chi connectivity index (χ0v) is 14.6.